The molecule has 2 aliphatic rings. The van der Waals surface area contributed by atoms with Crippen LogP contribution >= 0.6 is 12.4 Å². The van der Waals surface area contributed by atoms with Gasteiger partial charge >= 0.3 is 0 Å². The lowest BCUT2D eigenvalue weighted by Crippen LogP contribution is -2.40. The van der Waals surface area contributed by atoms with E-state index in [1.54, 1.807) is 0 Å². The number of piperidine rings is 1. The minimum Gasteiger partial charge on any atom is -0.350 e. The summed E-state index contributed by atoms with van der Waals surface area (Å²) in [5.41, 5.74) is 3.75. The molecule has 2 saturated heterocycles. The van der Waals surface area contributed by atoms with Gasteiger partial charge in [-0.1, -0.05) is 23.8 Å². The summed E-state index contributed by atoms with van der Waals surface area (Å²) < 4.78 is 0. The summed E-state index contributed by atoms with van der Waals surface area (Å²) >= 11 is 0. The summed E-state index contributed by atoms with van der Waals surface area (Å²) in [6.07, 6.45) is 5.61. The first-order valence-electron chi connectivity index (χ1n) is 8.64. The van der Waals surface area contributed by atoms with Crippen molar-refractivity contribution in [2.24, 2.45) is 5.92 Å². The number of rotatable bonds is 4. The van der Waals surface area contributed by atoms with E-state index in [1.807, 2.05) is 0 Å². The van der Waals surface area contributed by atoms with Crippen LogP contribution in [0.15, 0.2) is 18.2 Å². The Morgan fingerprint density at radius 1 is 1.26 bits per heavy atom. The highest BCUT2D eigenvalue weighted by Crippen LogP contribution is 2.32. The molecule has 1 aromatic rings. The zero-order valence-electron chi connectivity index (χ0n) is 14.4. The second-order valence-corrected chi connectivity index (χ2v) is 7.33. The molecule has 2 fully saturated rings. The first-order valence-corrected chi connectivity index (χ1v) is 8.64. The Hall–Kier alpha value is -1.06. The average Bonchev–Trinajstić information content (AvgIpc) is 2.77. The van der Waals surface area contributed by atoms with E-state index in [4.69, 9.17) is 0 Å². The number of halogens is 1. The molecular weight excluding hydrogens is 308 g/mol. The summed E-state index contributed by atoms with van der Waals surface area (Å²) in [4.78, 5) is 12.4. The monoisotopic (exact) mass is 336 g/mol. The lowest BCUT2D eigenvalue weighted by Gasteiger charge is -2.29. The largest absolute Gasteiger partial charge is 0.350 e. The van der Waals surface area contributed by atoms with Crippen molar-refractivity contribution < 1.29 is 4.79 Å². The Labute approximate surface area is 146 Å². The van der Waals surface area contributed by atoms with Gasteiger partial charge in [0.25, 0.3) is 0 Å². The van der Waals surface area contributed by atoms with Crippen LogP contribution in [0.5, 0.6) is 0 Å². The molecule has 3 nitrogen and oxygen atoms in total. The molecule has 0 aliphatic carbocycles. The number of hydrogen-bond donors (Lipinski definition) is 2. The molecule has 4 heteroatoms. The predicted molar refractivity (Wildman–Crippen MR) is 97.0 cm³/mol. The van der Waals surface area contributed by atoms with E-state index in [9.17, 15) is 4.79 Å². The van der Waals surface area contributed by atoms with Crippen LogP contribution in [0.1, 0.15) is 61.8 Å². The predicted octanol–water partition coefficient (Wildman–Crippen LogP) is 3.82. The zero-order valence-corrected chi connectivity index (χ0v) is 15.2. The van der Waals surface area contributed by atoms with Crippen LogP contribution in [0.4, 0.5) is 0 Å². The fraction of sp³-hybridized carbons (Fsp3) is 0.632. The van der Waals surface area contributed by atoms with Crippen molar-refractivity contribution in [3.05, 3.63) is 34.9 Å². The van der Waals surface area contributed by atoms with Gasteiger partial charge in [0.1, 0.15) is 0 Å². The Morgan fingerprint density at radius 3 is 2.52 bits per heavy atom. The molecule has 3 unspecified atom stereocenters. The van der Waals surface area contributed by atoms with E-state index >= 15 is 0 Å². The molecule has 1 aromatic carbocycles. The summed E-state index contributed by atoms with van der Waals surface area (Å²) in [5.74, 6) is 0.767. The minimum atomic E-state index is 0. The van der Waals surface area contributed by atoms with Gasteiger partial charge in [-0.25, -0.2) is 0 Å². The standard InChI is InChI=1S/C19H28N2O.ClH/c1-12-4-7-18(13(2)8-12)14(3)20-19(22)11-15-9-16-5-6-17(10-15)21-16;/h4,7-8,14-17,21H,5-6,9-11H2,1-3H3,(H,20,22);1H. The Balaban J connectivity index is 0.00000192. The van der Waals surface area contributed by atoms with Crippen molar-refractivity contribution in [2.45, 2.75) is 71.0 Å². The lowest BCUT2D eigenvalue weighted by atomic mass is 9.89. The lowest BCUT2D eigenvalue weighted by molar-refractivity contribution is -0.122. The van der Waals surface area contributed by atoms with Crippen molar-refractivity contribution in [1.29, 1.82) is 0 Å². The topological polar surface area (TPSA) is 41.1 Å². The molecule has 2 heterocycles. The highest BCUT2D eigenvalue weighted by Gasteiger charge is 2.34. The molecule has 0 aromatic heterocycles. The fourth-order valence-corrected chi connectivity index (χ4v) is 4.29. The van der Waals surface area contributed by atoms with Gasteiger partial charge in [-0.3, -0.25) is 4.79 Å². The maximum absolute atomic E-state index is 12.4. The molecule has 2 N–H and O–H groups in total. The van der Waals surface area contributed by atoms with Gasteiger partial charge in [-0.05, 0) is 63.5 Å². The van der Waals surface area contributed by atoms with E-state index in [-0.39, 0.29) is 24.4 Å². The number of aryl methyl sites for hydroxylation is 2. The van der Waals surface area contributed by atoms with E-state index < -0.39 is 0 Å². The summed E-state index contributed by atoms with van der Waals surface area (Å²) in [7, 11) is 0. The third-order valence-corrected chi connectivity index (χ3v) is 5.31. The van der Waals surface area contributed by atoms with E-state index in [0.29, 0.717) is 24.4 Å². The molecule has 2 aliphatic heterocycles. The van der Waals surface area contributed by atoms with Gasteiger partial charge in [-0.15, -0.1) is 12.4 Å². The molecule has 23 heavy (non-hydrogen) atoms. The molecule has 3 atom stereocenters. The zero-order chi connectivity index (χ0) is 15.7. The van der Waals surface area contributed by atoms with Crippen molar-refractivity contribution in [3.8, 4) is 0 Å². The van der Waals surface area contributed by atoms with Gasteiger partial charge in [0, 0.05) is 18.5 Å². The Bertz CT molecular complexity index is 548. The van der Waals surface area contributed by atoms with Crippen LogP contribution in [0.2, 0.25) is 0 Å². The smallest absolute Gasteiger partial charge is 0.220 e. The second-order valence-electron chi connectivity index (χ2n) is 7.33. The van der Waals surface area contributed by atoms with Crippen molar-refractivity contribution in [2.75, 3.05) is 0 Å². The molecule has 128 valence electrons. The number of hydrogen-bond acceptors (Lipinski definition) is 2. The van der Waals surface area contributed by atoms with E-state index in [1.165, 1.54) is 42.4 Å². The summed E-state index contributed by atoms with van der Waals surface area (Å²) in [5, 5.41) is 6.84. The Kier molecular flexibility index (Phi) is 6.10. The number of amides is 1. The molecule has 0 saturated carbocycles. The number of carbonyl (C=O) groups excluding carboxylic acids is 1. The molecule has 0 spiro atoms. The van der Waals surface area contributed by atoms with Gasteiger partial charge in [0.05, 0.1) is 6.04 Å². The third-order valence-electron chi connectivity index (χ3n) is 5.31. The number of benzene rings is 1. The first-order chi connectivity index (χ1) is 10.5. The van der Waals surface area contributed by atoms with Gasteiger partial charge in [0.15, 0.2) is 0 Å². The normalized spacial score (nSPS) is 27.2. The van der Waals surface area contributed by atoms with E-state index in [2.05, 4.69) is 49.6 Å². The molecule has 3 rings (SSSR count). The quantitative estimate of drug-likeness (QED) is 0.877. The van der Waals surface area contributed by atoms with Crippen LogP contribution in [0, 0.1) is 19.8 Å². The van der Waals surface area contributed by atoms with Crippen molar-refractivity contribution >= 4 is 18.3 Å². The average molecular weight is 337 g/mol. The number of nitrogens with one attached hydrogen (secondary N) is 2. The van der Waals surface area contributed by atoms with Crippen LogP contribution in [-0.2, 0) is 4.79 Å². The molecule has 0 radical (unpaired) electrons. The summed E-state index contributed by atoms with van der Waals surface area (Å²) in [6.45, 7) is 6.31. The maximum atomic E-state index is 12.4. The van der Waals surface area contributed by atoms with Crippen LogP contribution in [0.25, 0.3) is 0 Å². The fourth-order valence-electron chi connectivity index (χ4n) is 4.29. The molecular formula is C19H29ClN2O. The highest BCUT2D eigenvalue weighted by atomic mass is 35.5. The number of carbonyl (C=O) groups is 1. The maximum Gasteiger partial charge on any atom is 0.220 e. The van der Waals surface area contributed by atoms with Crippen LogP contribution in [0.3, 0.4) is 0 Å². The SMILES string of the molecule is Cc1ccc(C(C)NC(=O)CC2CC3CCC(C2)N3)c(C)c1.Cl. The van der Waals surface area contributed by atoms with E-state index in [0.717, 1.165) is 0 Å². The summed E-state index contributed by atoms with van der Waals surface area (Å²) in [6, 6.07) is 7.85. The highest BCUT2D eigenvalue weighted by molar-refractivity contribution is 5.85. The van der Waals surface area contributed by atoms with Gasteiger partial charge in [0.2, 0.25) is 5.91 Å². The number of fused-ring (bicyclic) bond motifs is 2. The second kappa shape index (κ2) is 7.67. The minimum absolute atomic E-state index is 0. The van der Waals surface area contributed by atoms with Crippen LogP contribution in [-0.4, -0.2) is 18.0 Å². The van der Waals surface area contributed by atoms with Crippen molar-refractivity contribution in [1.82, 2.24) is 10.6 Å². The van der Waals surface area contributed by atoms with Gasteiger partial charge < -0.3 is 10.6 Å². The Morgan fingerprint density at radius 2 is 1.91 bits per heavy atom. The first kappa shape index (κ1) is 18.3. The van der Waals surface area contributed by atoms with Crippen LogP contribution < -0.4 is 10.6 Å². The van der Waals surface area contributed by atoms with Crippen molar-refractivity contribution in [3.63, 3.8) is 0 Å². The molecule has 1 amide bonds. The molecule has 2 bridgehead atoms. The third kappa shape index (κ3) is 4.48. The van der Waals surface area contributed by atoms with Gasteiger partial charge in [-0.2, -0.15) is 0 Å².